The van der Waals surface area contributed by atoms with Gasteiger partial charge in [0.2, 0.25) is 0 Å². The molecule has 10 nitrogen and oxygen atoms in total. The average molecular weight is 363 g/mol. The summed E-state index contributed by atoms with van der Waals surface area (Å²) in [4.78, 5) is 14.6. The molecule has 2 aliphatic rings. The number of aromatic nitrogens is 4. The van der Waals surface area contributed by atoms with Gasteiger partial charge in [-0.2, -0.15) is 0 Å². The smallest absolute Gasteiger partial charge is 0.167 e. The third kappa shape index (κ3) is 2.93. The van der Waals surface area contributed by atoms with Crippen LogP contribution >= 0.6 is 0 Å². The Morgan fingerprint density at radius 1 is 1.23 bits per heavy atom. The number of rotatable bonds is 5. The molecule has 0 unspecified atom stereocenters. The summed E-state index contributed by atoms with van der Waals surface area (Å²) >= 11 is 0. The highest BCUT2D eigenvalue weighted by Crippen LogP contribution is 2.33. The summed E-state index contributed by atoms with van der Waals surface area (Å²) in [5.74, 6) is 0.264. The minimum atomic E-state index is -1.08. The molecule has 0 aromatic carbocycles. The lowest BCUT2D eigenvalue weighted by atomic mass is 10.1. The van der Waals surface area contributed by atoms with Crippen molar-refractivity contribution in [1.82, 2.24) is 24.4 Å². The number of nitrogens with two attached hydrogens (primary N) is 2. The van der Waals surface area contributed by atoms with E-state index in [9.17, 15) is 10.2 Å². The minimum absolute atomic E-state index is 0.264. The Balaban J connectivity index is 1.53. The second kappa shape index (κ2) is 7.05. The highest BCUT2D eigenvalue weighted by molar-refractivity contribution is 5.81. The van der Waals surface area contributed by atoms with E-state index in [0.717, 1.165) is 25.8 Å². The minimum Gasteiger partial charge on any atom is -0.387 e. The lowest BCUT2D eigenvalue weighted by Gasteiger charge is -2.27. The van der Waals surface area contributed by atoms with Crippen LogP contribution in [0.1, 0.15) is 25.5 Å². The number of ether oxygens (including phenoxy) is 1. The van der Waals surface area contributed by atoms with E-state index in [1.54, 1.807) is 4.57 Å². The maximum absolute atomic E-state index is 10.5. The molecule has 2 saturated heterocycles. The second-order valence-corrected chi connectivity index (χ2v) is 7.00. The van der Waals surface area contributed by atoms with Crippen molar-refractivity contribution in [3.8, 4) is 0 Å². The number of fused-ring (bicyclic) bond motifs is 1. The number of imidazole rings is 1. The van der Waals surface area contributed by atoms with Crippen LogP contribution < -0.4 is 11.5 Å². The lowest BCUT2D eigenvalue weighted by Crippen LogP contribution is -2.42. The maximum atomic E-state index is 10.5. The first-order valence-corrected chi connectivity index (χ1v) is 8.99. The van der Waals surface area contributed by atoms with Gasteiger partial charge in [0.25, 0.3) is 0 Å². The number of hydrogen-bond acceptors (Lipinski definition) is 9. The largest absolute Gasteiger partial charge is 0.387 e. The number of aliphatic hydroxyl groups is 2. The molecule has 5 atom stereocenters. The van der Waals surface area contributed by atoms with Crippen LogP contribution in [-0.2, 0) is 4.74 Å². The fourth-order valence-corrected chi connectivity index (χ4v) is 4.05. The third-order valence-corrected chi connectivity index (χ3v) is 5.41. The summed E-state index contributed by atoms with van der Waals surface area (Å²) in [6, 6.07) is 0.411. The molecule has 0 amide bonds. The molecule has 6 N–H and O–H groups in total. The number of aliphatic hydroxyl groups excluding tert-OH is 2. The van der Waals surface area contributed by atoms with E-state index in [-0.39, 0.29) is 5.82 Å². The van der Waals surface area contributed by atoms with Crippen molar-refractivity contribution in [2.75, 3.05) is 25.4 Å². The molecule has 2 aliphatic heterocycles. The summed E-state index contributed by atoms with van der Waals surface area (Å²) in [6.45, 7) is 2.15. The summed E-state index contributed by atoms with van der Waals surface area (Å²) in [6.07, 6.45) is 2.65. The zero-order chi connectivity index (χ0) is 18.3. The van der Waals surface area contributed by atoms with E-state index in [1.807, 2.05) is 0 Å². The SMILES string of the molecule is NCC[C@H]1CCCN1C[C@H]1O[C@@H](n2cnc3c(N)ncnc32)[C@H](O)[C@@H]1O. The van der Waals surface area contributed by atoms with Gasteiger partial charge in [0.05, 0.1) is 6.33 Å². The predicted molar refractivity (Wildman–Crippen MR) is 93.9 cm³/mol. The summed E-state index contributed by atoms with van der Waals surface area (Å²) in [5, 5.41) is 21.0. The fourth-order valence-electron chi connectivity index (χ4n) is 4.05. The van der Waals surface area contributed by atoms with E-state index in [4.69, 9.17) is 16.2 Å². The Hall–Kier alpha value is -1.85. The zero-order valence-corrected chi connectivity index (χ0v) is 14.5. The van der Waals surface area contributed by atoms with E-state index < -0.39 is 24.5 Å². The lowest BCUT2D eigenvalue weighted by molar-refractivity contribution is -0.0453. The summed E-state index contributed by atoms with van der Waals surface area (Å²) < 4.78 is 7.62. The molecule has 0 radical (unpaired) electrons. The first kappa shape index (κ1) is 17.6. The van der Waals surface area contributed by atoms with Crippen LogP contribution in [0.2, 0.25) is 0 Å². The van der Waals surface area contributed by atoms with Crippen molar-refractivity contribution < 1.29 is 14.9 Å². The van der Waals surface area contributed by atoms with Gasteiger partial charge in [-0.25, -0.2) is 15.0 Å². The monoisotopic (exact) mass is 363 g/mol. The van der Waals surface area contributed by atoms with Crippen LogP contribution in [0.5, 0.6) is 0 Å². The average Bonchev–Trinajstić information content (AvgIpc) is 3.31. The highest BCUT2D eigenvalue weighted by atomic mass is 16.6. The Morgan fingerprint density at radius 2 is 2.08 bits per heavy atom. The normalized spacial score (nSPS) is 32.7. The van der Waals surface area contributed by atoms with E-state index in [0.29, 0.717) is 30.3 Å². The van der Waals surface area contributed by atoms with Crippen LogP contribution in [0.15, 0.2) is 12.7 Å². The van der Waals surface area contributed by atoms with Gasteiger partial charge in [0.1, 0.15) is 30.2 Å². The van der Waals surface area contributed by atoms with Gasteiger partial charge in [0, 0.05) is 12.6 Å². The summed E-state index contributed by atoms with van der Waals surface area (Å²) in [5.41, 5.74) is 12.4. The molecule has 0 aliphatic carbocycles. The van der Waals surface area contributed by atoms with Gasteiger partial charge in [-0.15, -0.1) is 0 Å². The van der Waals surface area contributed by atoms with Crippen molar-refractivity contribution in [1.29, 1.82) is 0 Å². The van der Waals surface area contributed by atoms with Crippen LogP contribution in [0, 0.1) is 0 Å². The molecule has 0 spiro atoms. The fraction of sp³-hybridized carbons (Fsp3) is 0.688. The highest BCUT2D eigenvalue weighted by Gasteiger charge is 2.45. The van der Waals surface area contributed by atoms with E-state index in [2.05, 4.69) is 19.9 Å². The van der Waals surface area contributed by atoms with Crippen LogP contribution in [-0.4, -0.2) is 78.6 Å². The molecule has 4 rings (SSSR count). The summed E-state index contributed by atoms with van der Waals surface area (Å²) in [7, 11) is 0. The van der Waals surface area contributed by atoms with Crippen molar-refractivity contribution >= 4 is 17.0 Å². The Kier molecular flexibility index (Phi) is 4.76. The van der Waals surface area contributed by atoms with Crippen molar-refractivity contribution in [3.63, 3.8) is 0 Å². The molecule has 142 valence electrons. The standard InChI is InChI=1S/C16H25N7O3/c17-4-3-9-2-1-5-22(9)6-10-12(24)13(25)16(26-10)23-8-21-11-14(18)19-7-20-15(11)23/h7-10,12-13,16,24-25H,1-6,17H2,(H2,18,19,20)/t9-,10-,12-,13-,16-/m1/s1. The van der Waals surface area contributed by atoms with Gasteiger partial charge in [-0.05, 0) is 32.4 Å². The van der Waals surface area contributed by atoms with Gasteiger partial charge in [-0.1, -0.05) is 0 Å². The van der Waals surface area contributed by atoms with Gasteiger partial charge in [-0.3, -0.25) is 9.47 Å². The number of nitrogen functional groups attached to an aromatic ring is 1. The Labute approximate surface area is 150 Å². The molecular formula is C16H25N7O3. The molecule has 10 heteroatoms. The number of likely N-dealkylation sites (tertiary alicyclic amines) is 1. The zero-order valence-electron chi connectivity index (χ0n) is 14.5. The van der Waals surface area contributed by atoms with Crippen molar-refractivity contribution in [3.05, 3.63) is 12.7 Å². The predicted octanol–water partition coefficient (Wildman–Crippen LogP) is -1.16. The maximum Gasteiger partial charge on any atom is 0.167 e. The molecule has 0 saturated carbocycles. The van der Waals surface area contributed by atoms with E-state index in [1.165, 1.54) is 12.7 Å². The van der Waals surface area contributed by atoms with Crippen LogP contribution in [0.3, 0.4) is 0 Å². The van der Waals surface area contributed by atoms with Crippen LogP contribution in [0.4, 0.5) is 5.82 Å². The van der Waals surface area contributed by atoms with Crippen molar-refractivity contribution in [2.45, 2.75) is 49.8 Å². The number of nitrogens with zero attached hydrogens (tertiary/aromatic N) is 5. The molecule has 2 aromatic heterocycles. The topological polar surface area (TPSA) is 149 Å². The quantitative estimate of drug-likeness (QED) is 0.516. The Morgan fingerprint density at radius 3 is 2.88 bits per heavy atom. The number of hydrogen-bond donors (Lipinski definition) is 4. The third-order valence-electron chi connectivity index (χ3n) is 5.41. The molecule has 0 bridgehead atoms. The van der Waals surface area contributed by atoms with Gasteiger partial charge in [0.15, 0.2) is 17.7 Å². The first-order valence-electron chi connectivity index (χ1n) is 8.99. The van der Waals surface area contributed by atoms with E-state index >= 15 is 0 Å². The number of anilines is 1. The van der Waals surface area contributed by atoms with Crippen molar-refractivity contribution in [2.24, 2.45) is 5.73 Å². The molecular weight excluding hydrogens is 338 g/mol. The molecule has 26 heavy (non-hydrogen) atoms. The Bertz CT molecular complexity index is 769. The van der Waals surface area contributed by atoms with Gasteiger partial charge < -0.3 is 26.4 Å². The molecule has 2 aromatic rings. The molecule has 4 heterocycles. The second-order valence-electron chi connectivity index (χ2n) is 7.00. The van der Waals surface area contributed by atoms with Crippen LogP contribution in [0.25, 0.3) is 11.2 Å². The van der Waals surface area contributed by atoms with Gasteiger partial charge >= 0.3 is 0 Å². The molecule has 2 fully saturated rings. The first-order chi connectivity index (χ1) is 12.6.